The molecule has 21 heavy (non-hydrogen) atoms. The van der Waals surface area contributed by atoms with Gasteiger partial charge in [0.1, 0.15) is 5.75 Å². The molecule has 0 heterocycles. The van der Waals surface area contributed by atoms with Crippen LogP contribution in [0.5, 0.6) is 5.75 Å². The molecule has 0 aromatic heterocycles. The molecule has 0 aliphatic rings. The zero-order valence-corrected chi connectivity index (χ0v) is 13.2. The van der Waals surface area contributed by atoms with E-state index >= 15 is 0 Å². The van der Waals surface area contributed by atoms with E-state index < -0.39 is 16.0 Å². The Morgan fingerprint density at radius 2 is 2.10 bits per heavy atom. The number of nitrogens with one attached hydrogen (secondary N) is 1. The van der Waals surface area contributed by atoms with Gasteiger partial charge in [0.2, 0.25) is 10.0 Å². The van der Waals surface area contributed by atoms with Gasteiger partial charge < -0.3 is 9.84 Å². The number of hydrogen-bond acceptors (Lipinski definition) is 4. The highest BCUT2D eigenvalue weighted by Crippen LogP contribution is 2.21. The lowest BCUT2D eigenvalue weighted by atomic mass is 10.1. The van der Waals surface area contributed by atoms with Crippen LogP contribution >= 0.6 is 0 Å². The smallest absolute Gasteiger partial charge is 0.303 e. The minimum absolute atomic E-state index is 0.0323. The molecule has 0 bridgehead atoms. The first kappa shape index (κ1) is 17.5. The van der Waals surface area contributed by atoms with E-state index in [1.54, 1.807) is 19.1 Å². The van der Waals surface area contributed by atoms with E-state index in [0.717, 1.165) is 5.56 Å². The zero-order chi connectivity index (χ0) is 16.0. The van der Waals surface area contributed by atoms with E-state index in [2.05, 4.69) is 4.72 Å². The highest BCUT2D eigenvalue weighted by atomic mass is 32.2. The van der Waals surface area contributed by atoms with Crippen molar-refractivity contribution in [3.05, 3.63) is 23.8 Å². The molecule has 1 rings (SSSR count). The van der Waals surface area contributed by atoms with Gasteiger partial charge in [-0.2, -0.15) is 0 Å². The molecule has 2 N–H and O–H groups in total. The van der Waals surface area contributed by atoms with Gasteiger partial charge in [0.05, 0.1) is 12.0 Å². The van der Waals surface area contributed by atoms with Gasteiger partial charge in [-0.3, -0.25) is 4.79 Å². The average molecular weight is 315 g/mol. The van der Waals surface area contributed by atoms with Crippen molar-refractivity contribution in [3.63, 3.8) is 0 Å². The van der Waals surface area contributed by atoms with E-state index in [1.807, 2.05) is 6.92 Å². The lowest BCUT2D eigenvalue weighted by Crippen LogP contribution is -2.28. The topological polar surface area (TPSA) is 92.7 Å². The third kappa shape index (κ3) is 5.35. The molecule has 0 saturated heterocycles. The standard InChI is InChI=1S/C14H21NO5S/c1-10(4-7-14(16)17)9-15-21(18,19)12-5-6-13(20-3)11(2)8-12/h5-6,8,10,15H,4,7,9H2,1-3H3,(H,16,17). The highest BCUT2D eigenvalue weighted by Gasteiger charge is 2.16. The van der Waals surface area contributed by atoms with E-state index in [0.29, 0.717) is 12.2 Å². The first-order chi connectivity index (χ1) is 9.76. The molecular weight excluding hydrogens is 294 g/mol. The minimum Gasteiger partial charge on any atom is -0.496 e. The van der Waals surface area contributed by atoms with Crippen LogP contribution in [0.25, 0.3) is 0 Å². The molecule has 1 aromatic rings. The maximum atomic E-state index is 12.2. The number of benzene rings is 1. The van der Waals surface area contributed by atoms with Crippen molar-refractivity contribution < 1.29 is 23.1 Å². The molecule has 0 aliphatic heterocycles. The second-order valence-electron chi connectivity index (χ2n) is 5.02. The third-order valence-electron chi connectivity index (χ3n) is 3.15. The van der Waals surface area contributed by atoms with Crippen LogP contribution in [0.2, 0.25) is 0 Å². The molecule has 1 aromatic carbocycles. The molecule has 0 amide bonds. The van der Waals surface area contributed by atoms with Crippen molar-refractivity contribution in [2.24, 2.45) is 5.92 Å². The predicted molar refractivity (Wildman–Crippen MR) is 79.0 cm³/mol. The molecule has 0 saturated carbocycles. The van der Waals surface area contributed by atoms with Crippen molar-refractivity contribution >= 4 is 16.0 Å². The Bertz CT molecular complexity index is 597. The summed E-state index contributed by atoms with van der Waals surface area (Å²) in [6.07, 6.45) is 0.462. The van der Waals surface area contributed by atoms with Crippen LogP contribution in [0, 0.1) is 12.8 Å². The molecule has 0 aliphatic carbocycles. The molecule has 118 valence electrons. The van der Waals surface area contributed by atoms with Gasteiger partial charge in [0.15, 0.2) is 0 Å². The van der Waals surface area contributed by atoms with Gasteiger partial charge in [-0.1, -0.05) is 6.92 Å². The normalized spacial score (nSPS) is 12.9. The molecule has 0 fully saturated rings. The van der Waals surface area contributed by atoms with Gasteiger partial charge >= 0.3 is 5.97 Å². The van der Waals surface area contributed by atoms with E-state index in [4.69, 9.17) is 9.84 Å². The Labute approximate surface area is 125 Å². The summed E-state index contributed by atoms with van der Waals surface area (Å²) in [6.45, 7) is 3.79. The lowest BCUT2D eigenvalue weighted by Gasteiger charge is -2.13. The highest BCUT2D eigenvalue weighted by molar-refractivity contribution is 7.89. The fourth-order valence-corrected chi connectivity index (χ4v) is 3.08. The lowest BCUT2D eigenvalue weighted by molar-refractivity contribution is -0.137. The molecule has 1 unspecified atom stereocenters. The Hall–Kier alpha value is -1.60. The summed E-state index contributed by atoms with van der Waals surface area (Å²) in [7, 11) is -2.07. The molecule has 0 spiro atoms. The first-order valence-corrected chi connectivity index (χ1v) is 8.10. The maximum absolute atomic E-state index is 12.2. The van der Waals surface area contributed by atoms with Crippen molar-refractivity contribution in [2.75, 3.05) is 13.7 Å². The van der Waals surface area contributed by atoms with E-state index in [9.17, 15) is 13.2 Å². The predicted octanol–water partition coefficient (Wildman–Crippen LogP) is 1.78. The zero-order valence-electron chi connectivity index (χ0n) is 12.4. The van der Waals surface area contributed by atoms with E-state index in [-0.39, 0.29) is 23.8 Å². The minimum atomic E-state index is -3.59. The number of aryl methyl sites for hydroxylation is 1. The number of aliphatic carboxylic acids is 1. The van der Waals surface area contributed by atoms with E-state index in [1.165, 1.54) is 13.2 Å². The SMILES string of the molecule is COc1ccc(S(=O)(=O)NCC(C)CCC(=O)O)cc1C. The Balaban J connectivity index is 2.69. The first-order valence-electron chi connectivity index (χ1n) is 6.62. The number of ether oxygens (including phenoxy) is 1. The van der Waals surface area contributed by atoms with Crippen LogP contribution in [0.4, 0.5) is 0 Å². The van der Waals surface area contributed by atoms with Crippen molar-refractivity contribution in [2.45, 2.75) is 31.6 Å². The molecule has 7 heteroatoms. The monoisotopic (exact) mass is 315 g/mol. The van der Waals surface area contributed by atoms with Gasteiger partial charge in [0.25, 0.3) is 0 Å². The second-order valence-corrected chi connectivity index (χ2v) is 6.79. The number of sulfonamides is 1. The van der Waals surface area contributed by atoms with Gasteiger partial charge in [0, 0.05) is 13.0 Å². The summed E-state index contributed by atoms with van der Waals surface area (Å²) in [6, 6.07) is 4.64. The number of methoxy groups -OCH3 is 1. The maximum Gasteiger partial charge on any atom is 0.303 e. The number of carbonyl (C=O) groups is 1. The Kier molecular flexibility index (Phi) is 6.17. The van der Waals surface area contributed by atoms with Gasteiger partial charge in [-0.05, 0) is 43.0 Å². The molecule has 6 nitrogen and oxygen atoms in total. The number of carboxylic acid groups (broad SMARTS) is 1. The quantitative estimate of drug-likeness (QED) is 0.763. The van der Waals surface area contributed by atoms with Crippen LogP contribution in [0.15, 0.2) is 23.1 Å². The fraction of sp³-hybridized carbons (Fsp3) is 0.500. The second kappa shape index (κ2) is 7.42. The van der Waals surface area contributed by atoms with Crippen molar-refractivity contribution in [1.29, 1.82) is 0 Å². The summed E-state index contributed by atoms with van der Waals surface area (Å²) < 4.78 is 31.9. The van der Waals surface area contributed by atoms with Crippen LogP contribution in [0.3, 0.4) is 0 Å². The summed E-state index contributed by atoms with van der Waals surface area (Å²) in [5.41, 5.74) is 0.735. The molecule has 0 radical (unpaired) electrons. The van der Waals surface area contributed by atoms with Crippen LogP contribution in [0.1, 0.15) is 25.3 Å². The molecule has 1 atom stereocenters. The summed E-state index contributed by atoms with van der Waals surface area (Å²) in [4.78, 5) is 10.6. The van der Waals surface area contributed by atoms with Gasteiger partial charge in [-0.15, -0.1) is 0 Å². The Morgan fingerprint density at radius 3 is 2.62 bits per heavy atom. The Morgan fingerprint density at radius 1 is 1.43 bits per heavy atom. The fourth-order valence-electron chi connectivity index (χ4n) is 1.83. The third-order valence-corrected chi connectivity index (χ3v) is 4.57. The average Bonchev–Trinajstić information content (AvgIpc) is 2.42. The summed E-state index contributed by atoms with van der Waals surface area (Å²) in [5, 5.41) is 8.60. The van der Waals surface area contributed by atoms with Crippen LogP contribution in [-0.2, 0) is 14.8 Å². The number of hydrogen-bond donors (Lipinski definition) is 2. The summed E-state index contributed by atoms with van der Waals surface area (Å²) in [5.74, 6) is -0.297. The largest absolute Gasteiger partial charge is 0.496 e. The molecular formula is C14H21NO5S. The van der Waals surface area contributed by atoms with Gasteiger partial charge in [-0.25, -0.2) is 13.1 Å². The van der Waals surface area contributed by atoms with Crippen molar-refractivity contribution in [3.8, 4) is 5.75 Å². The van der Waals surface area contributed by atoms with Crippen LogP contribution < -0.4 is 9.46 Å². The summed E-state index contributed by atoms with van der Waals surface area (Å²) >= 11 is 0. The van der Waals surface area contributed by atoms with Crippen LogP contribution in [-0.4, -0.2) is 33.1 Å². The number of carboxylic acids is 1. The van der Waals surface area contributed by atoms with Crippen molar-refractivity contribution in [1.82, 2.24) is 4.72 Å². The number of rotatable bonds is 8.